The zero-order valence-electron chi connectivity index (χ0n) is 16.9. The van der Waals surface area contributed by atoms with Gasteiger partial charge in [-0.3, -0.25) is 0 Å². The lowest BCUT2D eigenvalue weighted by Crippen LogP contribution is -2.49. The molecule has 2 heterocycles. The predicted molar refractivity (Wildman–Crippen MR) is 126 cm³/mol. The fourth-order valence-corrected chi connectivity index (χ4v) is 4.84. The first-order chi connectivity index (χ1) is 12.7. The number of aryl methyl sites for hydroxylation is 1. The van der Waals surface area contributed by atoms with E-state index in [2.05, 4.69) is 34.4 Å². The van der Waals surface area contributed by atoms with Crippen LogP contribution in [-0.2, 0) is 6.54 Å². The maximum absolute atomic E-state index is 4.73. The summed E-state index contributed by atoms with van der Waals surface area (Å²) in [6.07, 6.45) is 11.6. The van der Waals surface area contributed by atoms with Crippen LogP contribution in [0.1, 0.15) is 61.8 Å². The molecule has 2 N–H and O–H groups in total. The molecule has 154 valence electrons. The third kappa shape index (κ3) is 7.85. The van der Waals surface area contributed by atoms with Crippen molar-refractivity contribution in [3.8, 4) is 0 Å². The molecule has 0 unspecified atom stereocenters. The maximum atomic E-state index is 4.73. The van der Waals surface area contributed by atoms with Gasteiger partial charge in [-0.2, -0.15) is 0 Å². The summed E-state index contributed by atoms with van der Waals surface area (Å²) in [6, 6.07) is 0.536. The second-order valence-electron chi connectivity index (χ2n) is 7.78. The van der Waals surface area contributed by atoms with E-state index in [-0.39, 0.29) is 24.0 Å². The van der Waals surface area contributed by atoms with E-state index in [1.54, 1.807) is 11.3 Å². The number of rotatable bonds is 6. The SMILES string of the molecule is CCNC(=NCc1ncc(C)s1)NC1CCN(CC2CCCCC2)CC1.I. The van der Waals surface area contributed by atoms with E-state index in [1.807, 2.05) is 6.20 Å². The Labute approximate surface area is 185 Å². The van der Waals surface area contributed by atoms with Crippen LogP contribution in [-0.4, -0.2) is 48.1 Å². The van der Waals surface area contributed by atoms with Crippen molar-refractivity contribution in [2.75, 3.05) is 26.2 Å². The quantitative estimate of drug-likeness (QED) is 0.346. The summed E-state index contributed by atoms with van der Waals surface area (Å²) in [5.41, 5.74) is 0. The van der Waals surface area contributed by atoms with Crippen LogP contribution < -0.4 is 10.6 Å². The number of likely N-dealkylation sites (tertiary alicyclic amines) is 1. The van der Waals surface area contributed by atoms with Crippen LogP contribution in [0.25, 0.3) is 0 Å². The molecule has 1 aromatic heterocycles. The molecule has 5 nitrogen and oxygen atoms in total. The summed E-state index contributed by atoms with van der Waals surface area (Å²) in [5.74, 6) is 1.89. The van der Waals surface area contributed by atoms with Crippen LogP contribution >= 0.6 is 35.3 Å². The first-order valence-corrected chi connectivity index (χ1v) is 11.2. The summed E-state index contributed by atoms with van der Waals surface area (Å²) in [5, 5.41) is 8.12. The summed E-state index contributed by atoms with van der Waals surface area (Å²) in [4.78, 5) is 13.1. The van der Waals surface area contributed by atoms with Gasteiger partial charge in [0.1, 0.15) is 5.01 Å². The molecule has 7 heteroatoms. The summed E-state index contributed by atoms with van der Waals surface area (Å²) < 4.78 is 0. The molecule has 1 saturated carbocycles. The summed E-state index contributed by atoms with van der Waals surface area (Å²) >= 11 is 1.73. The number of aliphatic imine (C=N–C) groups is 1. The minimum Gasteiger partial charge on any atom is -0.357 e. The smallest absolute Gasteiger partial charge is 0.191 e. The van der Waals surface area contributed by atoms with E-state index in [0.29, 0.717) is 12.6 Å². The van der Waals surface area contributed by atoms with E-state index < -0.39 is 0 Å². The van der Waals surface area contributed by atoms with Gasteiger partial charge >= 0.3 is 0 Å². The number of piperidine rings is 1. The first kappa shape index (κ1) is 22.9. The number of aromatic nitrogens is 1. The molecule has 1 aliphatic heterocycles. The normalized spacial score (nSPS) is 20.3. The van der Waals surface area contributed by atoms with Gasteiger partial charge in [-0.05, 0) is 45.4 Å². The molecule has 0 radical (unpaired) electrons. The number of nitrogens with zero attached hydrogens (tertiary/aromatic N) is 3. The molecule has 3 rings (SSSR count). The minimum atomic E-state index is 0. The zero-order chi connectivity index (χ0) is 18.2. The highest BCUT2D eigenvalue weighted by Gasteiger charge is 2.23. The fraction of sp³-hybridized carbons (Fsp3) is 0.800. The van der Waals surface area contributed by atoms with Gasteiger partial charge in [0.25, 0.3) is 0 Å². The number of halogens is 1. The molecule has 1 saturated heterocycles. The molecular weight excluding hydrogens is 469 g/mol. The van der Waals surface area contributed by atoms with Crippen molar-refractivity contribution < 1.29 is 0 Å². The van der Waals surface area contributed by atoms with Gasteiger partial charge < -0.3 is 15.5 Å². The van der Waals surface area contributed by atoms with E-state index in [1.165, 1.54) is 69.5 Å². The number of nitrogens with one attached hydrogen (secondary N) is 2. The number of hydrogen-bond donors (Lipinski definition) is 2. The Hall–Kier alpha value is -0.410. The highest BCUT2D eigenvalue weighted by Crippen LogP contribution is 2.25. The molecule has 0 bridgehead atoms. The van der Waals surface area contributed by atoms with Gasteiger partial charge in [-0.1, -0.05) is 19.3 Å². The van der Waals surface area contributed by atoms with Crippen LogP contribution in [0.15, 0.2) is 11.2 Å². The van der Waals surface area contributed by atoms with Crippen LogP contribution in [0.3, 0.4) is 0 Å². The molecular formula is C20H36IN5S. The molecule has 2 fully saturated rings. The number of hydrogen-bond acceptors (Lipinski definition) is 4. The van der Waals surface area contributed by atoms with Crippen molar-refractivity contribution in [2.24, 2.45) is 10.9 Å². The zero-order valence-corrected chi connectivity index (χ0v) is 20.0. The lowest BCUT2D eigenvalue weighted by molar-refractivity contribution is 0.160. The molecule has 0 amide bonds. The largest absolute Gasteiger partial charge is 0.357 e. The van der Waals surface area contributed by atoms with Gasteiger partial charge in [0.05, 0.1) is 6.54 Å². The van der Waals surface area contributed by atoms with Crippen molar-refractivity contribution in [1.29, 1.82) is 0 Å². The standard InChI is InChI=1S/C20H35N5S.HI/c1-3-21-20(23-14-19-22-13-16(2)26-19)24-18-9-11-25(12-10-18)15-17-7-5-4-6-8-17;/h13,17-18H,3-12,14-15H2,1-2H3,(H2,21,23,24);1H. The molecule has 1 aliphatic carbocycles. The Morgan fingerprint density at radius 2 is 1.96 bits per heavy atom. The maximum Gasteiger partial charge on any atom is 0.191 e. The molecule has 1 aromatic rings. The van der Waals surface area contributed by atoms with Gasteiger partial charge in [0.2, 0.25) is 0 Å². The van der Waals surface area contributed by atoms with Gasteiger partial charge in [-0.25, -0.2) is 9.98 Å². The van der Waals surface area contributed by atoms with E-state index in [4.69, 9.17) is 4.99 Å². The Morgan fingerprint density at radius 3 is 2.59 bits per heavy atom. The van der Waals surface area contributed by atoms with E-state index in [9.17, 15) is 0 Å². The highest BCUT2D eigenvalue weighted by atomic mass is 127. The van der Waals surface area contributed by atoms with Crippen molar-refractivity contribution in [1.82, 2.24) is 20.5 Å². The highest BCUT2D eigenvalue weighted by molar-refractivity contribution is 14.0. The molecule has 2 aliphatic rings. The lowest BCUT2D eigenvalue weighted by atomic mass is 9.88. The second kappa shape index (κ2) is 12.2. The topological polar surface area (TPSA) is 52.6 Å². The Kier molecular flexibility index (Phi) is 10.3. The number of thiazole rings is 1. The second-order valence-corrected chi connectivity index (χ2v) is 9.10. The van der Waals surface area contributed by atoms with Crippen molar-refractivity contribution in [3.05, 3.63) is 16.1 Å². The van der Waals surface area contributed by atoms with Crippen LogP contribution in [0, 0.1) is 12.8 Å². The summed E-state index contributed by atoms with van der Waals surface area (Å²) in [7, 11) is 0. The molecule has 0 atom stereocenters. The van der Waals surface area contributed by atoms with Crippen LogP contribution in [0.2, 0.25) is 0 Å². The Morgan fingerprint density at radius 1 is 1.22 bits per heavy atom. The van der Waals surface area contributed by atoms with Gasteiger partial charge in [0.15, 0.2) is 5.96 Å². The van der Waals surface area contributed by atoms with Gasteiger partial charge in [0, 0.05) is 43.3 Å². The molecule has 27 heavy (non-hydrogen) atoms. The average Bonchev–Trinajstić information content (AvgIpc) is 3.08. The third-order valence-electron chi connectivity index (χ3n) is 5.56. The number of guanidine groups is 1. The van der Waals surface area contributed by atoms with Crippen LogP contribution in [0.4, 0.5) is 0 Å². The Bertz CT molecular complexity index is 562. The predicted octanol–water partition coefficient (Wildman–Crippen LogP) is 4.17. The molecule has 0 aromatic carbocycles. The average molecular weight is 506 g/mol. The van der Waals surface area contributed by atoms with E-state index >= 15 is 0 Å². The Balaban J connectivity index is 0.00000261. The minimum absolute atomic E-state index is 0. The van der Waals surface area contributed by atoms with Gasteiger partial charge in [-0.15, -0.1) is 35.3 Å². The van der Waals surface area contributed by atoms with E-state index in [0.717, 1.165) is 23.4 Å². The lowest BCUT2D eigenvalue weighted by Gasteiger charge is -2.36. The summed E-state index contributed by atoms with van der Waals surface area (Å²) in [6.45, 7) is 9.54. The third-order valence-corrected chi connectivity index (χ3v) is 6.45. The van der Waals surface area contributed by atoms with Crippen molar-refractivity contribution in [3.63, 3.8) is 0 Å². The van der Waals surface area contributed by atoms with Crippen molar-refractivity contribution >= 4 is 41.3 Å². The monoisotopic (exact) mass is 505 g/mol. The van der Waals surface area contributed by atoms with Crippen molar-refractivity contribution in [2.45, 2.75) is 71.4 Å². The first-order valence-electron chi connectivity index (χ1n) is 10.4. The molecule has 0 spiro atoms. The van der Waals surface area contributed by atoms with Crippen LogP contribution in [0.5, 0.6) is 0 Å². The fourth-order valence-electron chi connectivity index (χ4n) is 4.13.